The van der Waals surface area contributed by atoms with E-state index < -0.39 is 0 Å². The molecule has 8 heteroatoms. The summed E-state index contributed by atoms with van der Waals surface area (Å²) < 4.78 is 18.2. The number of benzene rings is 2. The predicted molar refractivity (Wildman–Crippen MR) is 101 cm³/mol. The largest absolute Gasteiger partial charge is 0.493 e. The van der Waals surface area contributed by atoms with Crippen LogP contribution in [0.2, 0.25) is 0 Å². The first kappa shape index (κ1) is 17.8. The number of nitrogens with zero attached hydrogens (tertiary/aromatic N) is 1. The van der Waals surface area contributed by atoms with Crippen LogP contribution in [0.3, 0.4) is 0 Å². The first-order valence-corrected chi connectivity index (χ1v) is 8.51. The van der Waals surface area contributed by atoms with Crippen molar-refractivity contribution in [3.8, 4) is 17.2 Å². The highest BCUT2D eigenvalue weighted by Gasteiger charge is 2.17. The van der Waals surface area contributed by atoms with Gasteiger partial charge in [0.25, 0.3) is 5.91 Å². The van der Waals surface area contributed by atoms with Crippen LogP contribution in [0.5, 0.6) is 17.2 Å². The minimum Gasteiger partial charge on any atom is -0.493 e. The molecule has 0 bridgehead atoms. The zero-order valence-electron chi connectivity index (χ0n) is 14.8. The summed E-state index contributed by atoms with van der Waals surface area (Å²) >= 11 is 1.13. The van der Waals surface area contributed by atoms with Crippen LogP contribution >= 0.6 is 11.3 Å². The summed E-state index contributed by atoms with van der Waals surface area (Å²) in [5.41, 5.74) is 1.78. The lowest BCUT2D eigenvalue weighted by molar-refractivity contribution is 0.102. The fourth-order valence-electron chi connectivity index (χ4n) is 2.63. The van der Waals surface area contributed by atoms with Gasteiger partial charge in [0.15, 0.2) is 11.5 Å². The van der Waals surface area contributed by atoms with E-state index in [-0.39, 0.29) is 10.8 Å². The van der Waals surface area contributed by atoms with Crippen LogP contribution in [-0.2, 0) is 7.05 Å². The van der Waals surface area contributed by atoms with Gasteiger partial charge in [-0.15, -0.1) is 0 Å². The van der Waals surface area contributed by atoms with Gasteiger partial charge in [-0.25, -0.2) is 0 Å². The lowest BCUT2D eigenvalue weighted by atomic mass is 10.1. The number of thiazole rings is 1. The molecule has 1 amide bonds. The second-order valence-corrected chi connectivity index (χ2v) is 6.47. The number of nitrogens with one attached hydrogen (secondary N) is 1. The second kappa shape index (κ2) is 7.09. The Kier molecular flexibility index (Phi) is 4.85. The molecule has 1 aromatic heterocycles. The molecule has 2 aromatic carbocycles. The minimum absolute atomic E-state index is 0.0481. The Labute approximate surface area is 153 Å². The number of amides is 1. The van der Waals surface area contributed by atoms with Crippen LogP contribution < -0.4 is 24.4 Å². The predicted octanol–water partition coefficient (Wildman–Crippen LogP) is 2.88. The molecule has 0 saturated carbocycles. The average Bonchev–Trinajstić information content (AvgIpc) is 2.93. The molecule has 0 radical (unpaired) electrons. The Bertz CT molecular complexity index is 1010. The van der Waals surface area contributed by atoms with Gasteiger partial charge in [-0.2, -0.15) is 0 Å². The maximum Gasteiger partial charge on any atom is 0.307 e. The first-order chi connectivity index (χ1) is 12.5. The molecule has 26 heavy (non-hydrogen) atoms. The van der Waals surface area contributed by atoms with Crippen molar-refractivity contribution >= 4 is 33.1 Å². The molecular formula is C18H18N2O5S. The Morgan fingerprint density at radius 3 is 2.27 bits per heavy atom. The molecule has 0 aliphatic carbocycles. The Hall–Kier alpha value is -3.00. The molecule has 0 spiro atoms. The molecule has 0 aliphatic heterocycles. The van der Waals surface area contributed by atoms with Gasteiger partial charge in [0.05, 0.1) is 31.5 Å². The number of aryl methyl sites for hydroxylation is 1. The third-order valence-corrected chi connectivity index (χ3v) is 4.97. The van der Waals surface area contributed by atoms with E-state index in [9.17, 15) is 9.59 Å². The van der Waals surface area contributed by atoms with Crippen LogP contribution in [0.25, 0.3) is 10.2 Å². The SMILES string of the molecule is COc1cc(C(=O)Nc2ccc3c(c2)sc(=O)n3C)cc(OC)c1OC. The molecule has 7 nitrogen and oxygen atoms in total. The Morgan fingerprint density at radius 2 is 1.69 bits per heavy atom. The first-order valence-electron chi connectivity index (χ1n) is 7.69. The lowest BCUT2D eigenvalue weighted by Crippen LogP contribution is -2.12. The topological polar surface area (TPSA) is 78.8 Å². The van der Waals surface area contributed by atoms with Gasteiger partial charge < -0.3 is 24.1 Å². The van der Waals surface area contributed by atoms with Crippen molar-refractivity contribution in [2.45, 2.75) is 0 Å². The number of methoxy groups -OCH3 is 3. The number of fused-ring (bicyclic) bond motifs is 1. The van der Waals surface area contributed by atoms with Gasteiger partial charge >= 0.3 is 4.87 Å². The molecule has 136 valence electrons. The highest BCUT2D eigenvalue weighted by Crippen LogP contribution is 2.38. The van der Waals surface area contributed by atoms with E-state index in [1.54, 1.807) is 41.9 Å². The summed E-state index contributed by atoms with van der Waals surface area (Å²) in [6.07, 6.45) is 0. The molecule has 0 atom stereocenters. The summed E-state index contributed by atoms with van der Waals surface area (Å²) in [4.78, 5) is 24.3. The maximum atomic E-state index is 12.6. The molecule has 3 aromatic rings. The van der Waals surface area contributed by atoms with E-state index in [0.717, 1.165) is 21.6 Å². The molecule has 0 saturated heterocycles. The quantitative estimate of drug-likeness (QED) is 0.743. The molecule has 0 fully saturated rings. The van der Waals surface area contributed by atoms with Crippen molar-refractivity contribution < 1.29 is 19.0 Å². The minimum atomic E-state index is -0.327. The van der Waals surface area contributed by atoms with Crippen molar-refractivity contribution in [1.29, 1.82) is 0 Å². The smallest absolute Gasteiger partial charge is 0.307 e. The van der Waals surface area contributed by atoms with E-state index in [1.807, 2.05) is 0 Å². The highest BCUT2D eigenvalue weighted by molar-refractivity contribution is 7.16. The van der Waals surface area contributed by atoms with Crippen molar-refractivity contribution in [2.24, 2.45) is 7.05 Å². The summed E-state index contributed by atoms with van der Waals surface area (Å²) in [5.74, 6) is 0.886. The number of anilines is 1. The zero-order chi connectivity index (χ0) is 18.8. The molecular weight excluding hydrogens is 356 g/mol. The molecule has 0 aliphatic rings. The molecule has 1 heterocycles. The third kappa shape index (κ3) is 3.11. The lowest BCUT2D eigenvalue weighted by Gasteiger charge is -2.14. The number of rotatable bonds is 5. The van der Waals surface area contributed by atoms with E-state index in [2.05, 4.69) is 5.32 Å². The van der Waals surface area contributed by atoms with E-state index >= 15 is 0 Å². The van der Waals surface area contributed by atoms with Gasteiger partial charge in [0.2, 0.25) is 5.75 Å². The number of carbonyl (C=O) groups excluding carboxylic acids is 1. The Balaban J connectivity index is 1.93. The van der Waals surface area contributed by atoms with Crippen molar-refractivity contribution in [1.82, 2.24) is 4.57 Å². The number of hydrogen-bond donors (Lipinski definition) is 1. The van der Waals surface area contributed by atoms with Gasteiger partial charge in [0.1, 0.15) is 0 Å². The zero-order valence-corrected chi connectivity index (χ0v) is 15.6. The van der Waals surface area contributed by atoms with Crippen LogP contribution in [-0.4, -0.2) is 31.8 Å². The molecule has 3 rings (SSSR count). The average molecular weight is 374 g/mol. The maximum absolute atomic E-state index is 12.6. The molecule has 0 unspecified atom stereocenters. The number of ether oxygens (including phenoxy) is 3. The van der Waals surface area contributed by atoms with Crippen LogP contribution in [0, 0.1) is 0 Å². The fraction of sp³-hybridized carbons (Fsp3) is 0.222. The van der Waals surface area contributed by atoms with Gasteiger partial charge in [-0.05, 0) is 30.3 Å². The number of hydrogen-bond acceptors (Lipinski definition) is 6. The monoisotopic (exact) mass is 374 g/mol. The third-order valence-electron chi connectivity index (χ3n) is 3.98. The van der Waals surface area contributed by atoms with E-state index in [4.69, 9.17) is 14.2 Å². The van der Waals surface area contributed by atoms with Crippen LogP contribution in [0.15, 0.2) is 35.1 Å². The van der Waals surface area contributed by atoms with Crippen LogP contribution in [0.4, 0.5) is 5.69 Å². The summed E-state index contributed by atoms with van der Waals surface area (Å²) in [7, 11) is 6.20. The number of carbonyl (C=O) groups is 1. The fourth-order valence-corrected chi connectivity index (χ4v) is 3.55. The normalized spacial score (nSPS) is 10.6. The van der Waals surface area contributed by atoms with Gasteiger partial charge in [-0.1, -0.05) is 11.3 Å². The van der Waals surface area contributed by atoms with E-state index in [0.29, 0.717) is 28.5 Å². The second-order valence-electron chi connectivity index (χ2n) is 5.48. The standard InChI is InChI=1S/C18H18N2O5S/c1-20-12-6-5-11(9-15(12)26-18(20)22)19-17(21)10-7-13(23-2)16(25-4)14(8-10)24-3/h5-9H,1-4H3,(H,19,21). The van der Waals surface area contributed by atoms with Crippen molar-refractivity contribution in [3.63, 3.8) is 0 Å². The van der Waals surface area contributed by atoms with Crippen molar-refractivity contribution in [3.05, 3.63) is 45.6 Å². The number of aromatic nitrogens is 1. The van der Waals surface area contributed by atoms with Crippen molar-refractivity contribution in [2.75, 3.05) is 26.6 Å². The van der Waals surface area contributed by atoms with Crippen LogP contribution in [0.1, 0.15) is 10.4 Å². The summed E-state index contributed by atoms with van der Waals surface area (Å²) in [6, 6.07) is 8.49. The summed E-state index contributed by atoms with van der Waals surface area (Å²) in [6.45, 7) is 0. The van der Waals surface area contributed by atoms with E-state index in [1.165, 1.54) is 21.3 Å². The highest BCUT2D eigenvalue weighted by atomic mass is 32.1. The summed E-state index contributed by atoms with van der Waals surface area (Å²) in [5, 5.41) is 2.82. The van der Waals surface area contributed by atoms with Gasteiger partial charge in [-0.3, -0.25) is 9.59 Å². The van der Waals surface area contributed by atoms with Gasteiger partial charge in [0, 0.05) is 18.3 Å². The molecule has 1 N–H and O–H groups in total. The Morgan fingerprint density at radius 1 is 1.04 bits per heavy atom.